The van der Waals surface area contributed by atoms with Crippen molar-refractivity contribution in [1.29, 1.82) is 0 Å². The zero-order chi connectivity index (χ0) is 7.44. The van der Waals surface area contributed by atoms with Gasteiger partial charge in [-0.15, -0.1) is 0 Å². The zero-order valence-electron chi connectivity index (χ0n) is 7.10. The maximum absolute atomic E-state index is 3.28. The third-order valence-electron chi connectivity index (χ3n) is 1.24. The molecule has 2 heteroatoms. The van der Waals surface area contributed by atoms with Gasteiger partial charge in [0.05, 0.1) is 0 Å². The highest BCUT2D eigenvalue weighted by atomic mass is 15.5. The third-order valence-corrected chi connectivity index (χ3v) is 1.24. The summed E-state index contributed by atoms with van der Waals surface area (Å²) in [5.41, 5.74) is 3.28. The molecule has 0 radical (unpaired) electrons. The van der Waals surface area contributed by atoms with Crippen LogP contribution < -0.4 is 5.43 Å². The van der Waals surface area contributed by atoms with Crippen molar-refractivity contribution >= 4 is 0 Å². The fraction of sp³-hybridized carbons (Fsp3) is 1.00. The Morgan fingerprint density at radius 1 is 1.11 bits per heavy atom. The van der Waals surface area contributed by atoms with E-state index in [4.69, 9.17) is 0 Å². The molecule has 0 bridgehead atoms. The van der Waals surface area contributed by atoms with Gasteiger partial charge in [-0.2, -0.15) is 0 Å². The van der Waals surface area contributed by atoms with Crippen molar-refractivity contribution in [2.45, 2.75) is 39.8 Å². The van der Waals surface area contributed by atoms with Crippen molar-refractivity contribution in [1.82, 2.24) is 10.4 Å². The van der Waals surface area contributed by atoms with Gasteiger partial charge in [0.1, 0.15) is 0 Å². The van der Waals surface area contributed by atoms with Crippen LogP contribution in [0.5, 0.6) is 0 Å². The predicted molar refractivity (Wildman–Crippen MR) is 41.2 cm³/mol. The maximum Gasteiger partial charge on any atom is 0.0183 e. The summed E-state index contributed by atoms with van der Waals surface area (Å²) in [5.74, 6) is 0. The summed E-state index contributed by atoms with van der Waals surface area (Å²) in [6, 6.07) is 1.12. The molecule has 0 saturated heterocycles. The van der Waals surface area contributed by atoms with Crippen LogP contribution in [0.3, 0.4) is 0 Å². The van der Waals surface area contributed by atoms with Gasteiger partial charge in [0.2, 0.25) is 0 Å². The molecule has 0 saturated carbocycles. The molecule has 0 aliphatic carbocycles. The molecule has 2 nitrogen and oxygen atoms in total. The lowest BCUT2D eigenvalue weighted by Crippen LogP contribution is -2.43. The summed E-state index contributed by atoms with van der Waals surface area (Å²) >= 11 is 0. The molecule has 0 unspecified atom stereocenters. The normalized spacial score (nSPS) is 12.0. The smallest absolute Gasteiger partial charge is 0.0183 e. The first-order chi connectivity index (χ1) is 4.04. The van der Waals surface area contributed by atoms with Crippen LogP contribution in [0.1, 0.15) is 27.7 Å². The lowest BCUT2D eigenvalue weighted by molar-refractivity contribution is 0.166. The van der Waals surface area contributed by atoms with E-state index in [-0.39, 0.29) is 0 Å². The highest BCUT2D eigenvalue weighted by molar-refractivity contribution is 4.53. The SMILES string of the molecule is CC(C)NN(C)C(C)C. The molecule has 0 amide bonds. The number of nitrogens with one attached hydrogen (secondary N) is 1. The zero-order valence-corrected chi connectivity index (χ0v) is 7.10. The molecule has 0 heterocycles. The largest absolute Gasteiger partial charge is 0.253 e. The average molecular weight is 130 g/mol. The molecule has 1 N–H and O–H groups in total. The second-order valence-electron chi connectivity index (χ2n) is 2.99. The first-order valence-electron chi connectivity index (χ1n) is 3.53. The van der Waals surface area contributed by atoms with Crippen LogP contribution >= 0.6 is 0 Å². The first-order valence-corrected chi connectivity index (χ1v) is 3.53. The Bertz CT molecular complexity index is 69.3. The molecule has 0 fully saturated rings. The van der Waals surface area contributed by atoms with Crippen LogP contribution in [0.4, 0.5) is 0 Å². The Hall–Kier alpha value is -0.0800. The van der Waals surface area contributed by atoms with E-state index in [1.54, 1.807) is 0 Å². The van der Waals surface area contributed by atoms with Crippen LogP contribution in [-0.4, -0.2) is 24.1 Å². The third kappa shape index (κ3) is 4.43. The van der Waals surface area contributed by atoms with Gasteiger partial charge in [-0.3, -0.25) is 5.43 Å². The van der Waals surface area contributed by atoms with E-state index < -0.39 is 0 Å². The Morgan fingerprint density at radius 3 is 1.67 bits per heavy atom. The molecular formula is C7H18N2. The molecular weight excluding hydrogens is 112 g/mol. The van der Waals surface area contributed by atoms with Crippen molar-refractivity contribution in [3.63, 3.8) is 0 Å². The van der Waals surface area contributed by atoms with Gasteiger partial charge in [-0.05, 0) is 27.7 Å². The van der Waals surface area contributed by atoms with E-state index in [0.717, 1.165) is 0 Å². The Kier molecular flexibility index (Phi) is 3.82. The van der Waals surface area contributed by atoms with Crippen molar-refractivity contribution < 1.29 is 0 Å². The number of hydrogen-bond donors (Lipinski definition) is 1. The van der Waals surface area contributed by atoms with Crippen molar-refractivity contribution in [2.24, 2.45) is 0 Å². The van der Waals surface area contributed by atoms with Gasteiger partial charge < -0.3 is 0 Å². The van der Waals surface area contributed by atoms with Gasteiger partial charge >= 0.3 is 0 Å². The van der Waals surface area contributed by atoms with E-state index >= 15 is 0 Å². The van der Waals surface area contributed by atoms with Gasteiger partial charge in [0.25, 0.3) is 0 Å². The van der Waals surface area contributed by atoms with Crippen LogP contribution in [0.25, 0.3) is 0 Å². The summed E-state index contributed by atoms with van der Waals surface area (Å²) in [5, 5.41) is 2.12. The quantitative estimate of drug-likeness (QED) is 0.578. The second-order valence-corrected chi connectivity index (χ2v) is 2.99. The molecule has 0 atom stereocenters. The summed E-state index contributed by atoms with van der Waals surface area (Å²) in [6.45, 7) is 8.60. The van der Waals surface area contributed by atoms with Crippen LogP contribution in [0.15, 0.2) is 0 Å². The molecule has 0 aliphatic heterocycles. The van der Waals surface area contributed by atoms with Crippen LogP contribution in [0.2, 0.25) is 0 Å². The number of hydrazine groups is 1. The molecule has 0 rings (SSSR count). The highest BCUT2D eigenvalue weighted by Crippen LogP contribution is 1.89. The number of nitrogens with zero attached hydrogens (tertiary/aromatic N) is 1. The van der Waals surface area contributed by atoms with E-state index in [2.05, 4.69) is 45.2 Å². The lowest BCUT2D eigenvalue weighted by atomic mass is 10.4. The maximum atomic E-state index is 3.28. The molecule has 0 aromatic rings. The second kappa shape index (κ2) is 3.85. The Labute approximate surface area is 58.2 Å². The standard InChI is InChI=1S/C7H18N2/c1-6(2)8-9(5)7(3)4/h6-8H,1-5H3. The Balaban J connectivity index is 3.38. The van der Waals surface area contributed by atoms with E-state index in [1.165, 1.54) is 0 Å². The predicted octanol–water partition coefficient (Wildman–Crippen LogP) is 1.24. The summed E-state index contributed by atoms with van der Waals surface area (Å²) in [7, 11) is 2.06. The van der Waals surface area contributed by atoms with Gasteiger partial charge in [0.15, 0.2) is 0 Å². The van der Waals surface area contributed by atoms with Crippen LogP contribution in [0, 0.1) is 0 Å². The summed E-state index contributed by atoms with van der Waals surface area (Å²) in [6.07, 6.45) is 0. The van der Waals surface area contributed by atoms with E-state index in [0.29, 0.717) is 12.1 Å². The van der Waals surface area contributed by atoms with Crippen molar-refractivity contribution in [2.75, 3.05) is 7.05 Å². The highest BCUT2D eigenvalue weighted by Gasteiger charge is 2.02. The van der Waals surface area contributed by atoms with Gasteiger partial charge in [-0.1, -0.05) is 0 Å². The molecule has 9 heavy (non-hydrogen) atoms. The lowest BCUT2D eigenvalue weighted by Gasteiger charge is -2.24. The van der Waals surface area contributed by atoms with Gasteiger partial charge in [-0.25, -0.2) is 5.01 Å². The van der Waals surface area contributed by atoms with E-state index in [1.807, 2.05) is 0 Å². The number of rotatable bonds is 3. The average Bonchev–Trinajstić information content (AvgIpc) is 1.63. The molecule has 0 spiro atoms. The fourth-order valence-electron chi connectivity index (χ4n) is 0.556. The minimum Gasteiger partial charge on any atom is -0.253 e. The molecule has 0 aromatic carbocycles. The number of hydrogen-bond acceptors (Lipinski definition) is 2. The van der Waals surface area contributed by atoms with Gasteiger partial charge in [0, 0.05) is 19.1 Å². The van der Waals surface area contributed by atoms with Crippen LogP contribution in [-0.2, 0) is 0 Å². The Morgan fingerprint density at radius 2 is 1.56 bits per heavy atom. The minimum absolute atomic E-state index is 0.539. The van der Waals surface area contributed by atoms with Crippen molar-refractivity contribution in [3.8, 4) is 0 Å². The monoisotopic (exact) mass is 130 g/mol. The topological polar surface area (TPSA) is 15.3 Å². The van der Waals surface area contributed by atoms with Crippen molar-refractivity contribution in [3.05, 3.63) is 0 Å². The van der Waals surface area contributed by atoms with E-state index in [9.17, 15) is 0 Å². The minimum atomic E-state index is 0.539. The molecule has 0 aromatic heterocycles. The molecule has 0 aliphatic rings. The summed E-state index contributed by atoms with van der Waals surface area (Å²) < 4.78 is 0. The fourth-order valence-corrected chi connectivity index (χ4v) is 0.556. The summed E-state index contributed by atoms with van der Waals surface area (Å²) in [4.78, 5) is 0. The molecule has 56 valence electrons. The first kappa shape index (κ1) is 8.92.